The van der Waals surface area contributed by atoms with Crippen molar-refractivity contribution in [1.29, 1.82) is 0 Å². The molecule has 2 aromatic heterocycles. The molecule has 0 unspecified atom stereocenters. The van der Waals surface area contributed by atoms with Gasteiger partial charge in [-0.3, -0.25) is 9.59 Å². The number of hydrogen-bond donors (Lipinski definition) is 4. The predicted octanol–water partition coefficient (Wildman–Crippen LogP) is 5.98. The molecule has 9 rings (SSSR count). The fourth-order valence-corrected chi connectivity index (χ4v) is 8.99. The summed E-state index contributed by atoms with van der Waals surface area (Å²) in [4.78, 5) is 72.5. The Hall–Kier alpha value is -5.84. The maximum atomic E-state index is 13.9. The van der Waals surface area contributed by atoms with E-state index in [-0.39, 0.29) is 46.6 Å². The third-order valence-corrected chi connectivity index (χ3v) is 13.0. The van der Waals surface area contributed by atoms with Crippen molar-refractivity contribution in [3.05, 3.63) is 71.4 Å². The number of aromatic nitrogens is 4. The van der Waals surface area contributed by atoms with Crippen LogP contribution in [-0.2, 0) is 19.1 Å². The smallest absolute Gasteiger partial charge is 0.407 e. The molecule has 2 aliphatic heterocycles. The van der Waals surface area contributed by atoms with Crippen LogP contribution in [0.25, 0.3) is 22.3 Å². The number of alkyl carbamates (subject to hydrolysis) is 2. The standard InChI is InChI=1S/C44H50N8O6/c1-25(2)35(49-41(55)57-3)39(53)51-23-43(15-16-43)20-33(51)37-45-22-32(48-37)28-10-7-26(8-11-28)5-6-27-9-14-30-31(19-27)47-38(46-30)34-21-44(17-18-44)24-52(34)40(54)36(29-12-13-29)50-42(56)58-4/h7-11,14,19,22,25,29,33-36H,12-13,15-18,20-21,23-24H2,1-4H3,(H,45,48)(H,46,47)(H,49,55)(H,50,56)/t33-,34-,35-,36-/m0/s1. The molecule has 4 atom stereocenters. The van der Waals surface area contributed by atoms with E-state index in [0.717, 1.165) is 96.4 Å². The Bertz CT molecular complexity index is 2330. The summed E-state index contributed by atoms with van der Waals surface area (Å²) in [5, 5.41) is 5.54. The number of likely N-dealkylation sites (tertiary alicyclic amines) is 2. The SMILES string of the molecule is COC(=O)N[C@H](C(=O)N1CC2(CC2)C[C@H]1c1ncc(-c2ccc(C#Cc3ccc4nc([C@@H]5CC6(CC6)CN5C(=O)[C@@H](NC(=O)OC)C5CC5)[nH]c4c3)cc2)[nH]1)C(C)C. The Balaban J connectivity index is 0.885. The molecule has 0 radical (unpaired) electrons. The van der Waals surface area contributed by atoms with E-state index in [0.29, 0.717) is 13.1 Å². The molecular formula is C44H50N8O6. The fraction of sp³-hybridized carbons (Fsp3) is 0.500. The van der Waals surface area contributed by atoms with Gasteiger partial charge in [0.05, 0.1) is 49.2 Å². The lowest BCUT2D eigenvalue weighted by Gasteiger charge is -2.30. The van der Waals surface area contributed by atoms with E-state index in [2.05, 4.69) is 32.4 Å². The van der Waals surface area contributed by atoms with Crippen molar-refractivity contribution in [2.24, 2.45) is 22.7 Å². The number of nitrogens with one attached hydrogen (secondary N) is 4. The van der Waals surface area contributed by atoms with Crippen LogP contribution in [0.5, 0.6) is 0 Å². The van der Waals surface area contributed by atoms with Gasteiger partial charge in [-0.1, -0.05) is 37.8 Å². The lowest BCUT2D eigenvalue weighted by Crippen LogP contribution is -2.51. The molecular weight excluding hydrogens is 737 g/mol. The molecule has 14 nitrogen and oxygen atoms in total. The van der Waals surface area contributed by atoms with Crippen molar-refractivity contribution < 1.29 is 28.7 Å². The Kier molecular flexibility index (Phi) is 9.44. The molecule has 4 aromatic rings. The van der Waals surface area contributed by atoms with Gasteiger partial charge in [0.1, 0.15) is 23.7 Å². The van der Waals surface area contributed by atoms with Crippen molar-refractivity contribution >= 4 is 35.0 Å². The number of nitrogens with zero attached hydrogens (tertiary/aromatic N) is 4. The van der Waals surface area contributed by atoms with Crippen molar-refractivity contribution in [3.8, 4) is 23.1 Å². The normalized spacial score (nSPS) is 22.1. The van der Waals surface area contributed by atoms with Crippen LogP contribution in [0.2, 0.25) is 0 Å². The average molecular weight is 787 g/mol. The topological polar surface area (TPSA) is 175 Å². The number of rotatable bonds is 9. The van der Waals surface area contributed by atoms with Gasteiger partial charge in [-0.25, -0.2) is 19.6 Å². The van der Waals surface area contributed by atoms with Gasteiger partial charge in [-0.15, -0.1) is 0 Å². The highest BCUT2D eigenvalue weighted by atomic mass is 16.5. The summed E-state index contributed by atoms with van der Waals surface area (Å²) < 4.78 is 9.64. The minimum atomic E-state index is -0.690. The first-order chi connectivity index (χ1) is 28.0. The molecule has 2 spiro atoms. The van der Waals surface area contributed by atoms with Crippen LogP contribution in [0.3, 0.4) is 0 Å². The van der Waals surface area contributed by atoms with E-state index < -0.39 is 24.3 Å². The van der Waals surface area contributed by atoms with Crippen LogP contribution in [0.4, 0.5) is 9.59 Å². The Morgan fingerprint density at radius 2 is 1.40 bits per heavy atom. The molecule has 3 aliphatic carbocycles. The molecule has 4 heterocycles. The first kappa shape index (κ1) is 37.7. The number of ether oxygens (including phenoxy) is 2. The molecule has 0 bridgehead atoms. The monoisotopic (exact) mass is 786 g/mol. The van der Waals surface area contributed by atoms with Gasteiger partial charge in [0.2, 0.25) is 11.8 Å². The molecule has 5 aliphatic rings. The zero-order chi connectivity index (χ0) is 40.3. The number of aromatic amines is 2. The maximum absolute atomic E-state index is 13.9. The number of amides is 4. The summed E-state index contributed by atoms with van der Waals surface area (Å²) in [5.74, 6) is 7.94. The summed E-state index contributed by atoms with van der Waals surface area (Å²) in [7, 11) is 2.62. The van der Waals surface area contributed by atoms with Crippen molar-refractivity contribution in [3.63, 3.8) is 0 Å². The second-order valence-electron chi connectivity index (χ2n) is 17.5. The summed E-state index contributed by atoms with van der Waals surface area (Å²) in [6.45, 7) is 5.16. The minimum Gasteiger partial charge on any atom is -0.453 e. The second-order valence-corrected chi connectivity index (χ2v) is 17.5. The largest absolute Gasteiger partial charge is 0.453 e. The van der Waals surface area contributed by atoms with Crippen molar-refractivity contribution in [2.45, 2.75) is 89.4 Å². The lowest BCUT2D eigenvalue weighted by molar-refractivity contribution is -0.136. The molecule has 4 amide bonds. The summed E-state index contributed by atoms with van der Waals surface area (Å²) in [5.41, 5.74) is 5.42. The van der Waals surface area contributed by atoms with Gasteiger partial charge < -0.3 is 39.9 Å². The van der Waals surface area contributed by atoms with Crippen LogP contribution < -0.4 is 10.6 Å². The van der Waals surface area contributed by atoms with Gasteiger partial charge in [-0.2, -0.15) is 0 Å². The molecule has 2 aromatic carbocycles. The molecule has 4 N–H and O–H groups in total. The van der Waals surface area contributed by atoms with Crippen LogP contribution in [0, 0.1) is 34.5 Å². The zero-order valence-electron chi connectivity index (χ0n) is 33.4. The van der Waals surface area contributed by atoms with E-state index in [4.69, 9.17) is 19.4 Å². The van der Waals surface area contributed by atoms with Gasteiger partial charge in [0, 0.05) is 24.2 Å². The third-order valence-electron chi connectivity index (χ3n) is 13.0. The van der Waals surface area contributed by atoms with E-state index in [1.54, 1.807) is 0 Å². The Morgan fingerprint density at radius 1 is 0.793 bits per heavy atom. The minimum absolute atomic E-state index is 0.0576. The number of hydrogen-bond acceptors (Lipinski definition) is 8. The predicted molar refractivity (Wildman–Crippen MR) is 214 cm³/mol. The van der Waals surface area contributed by atoms with Gasteiger partial charge in [0.25, 0.3) is 0 Å². The number of imidazole rings is 2. The molecule has 14 heteroatoms. The summed E-state index contributed by atoms with van der Waals surface area (Å²) in [6, 6.07) is 12.2. The van der Waals surface area contributed by atoms with Gasteiger partial charge in [0.15, 0.2) is 0 Å². The Labute approximate surface area is 337 Å². The first-order valence-corrected chi connectivity index (χ1v) is 20.4. The van der Waals surface area contributed by atoms with Gasteiger partial charge >= 0.3 is 12.2 Å². The van der Waals surface area contributed by atoms with Crippen molar-refractivity contribution in [2.75, 3.05) is 27.3 Å². The number of fused-ring (bicyclic) bond motifs is 1. The highest BCUT2D eigenvalue weighted by Gasteiger charge is 2.57. The van der Waals surface area contributed by atoms with Crippen LogP contribution in [0.15, 0.2) is 48.7 Å². The van der Waals surface area contributed by atoms with Crippen LogP contribution in [0.1, 0.15) is 100 Å². The molecule has 2 saturated heterocycles. The number of H-pyrrole nitrogens is 2. The lowest BCUT2D eigenvalue weighted by atomic mass is 10.0. The van der Waals surface area contributed by atoms with E-state index in [1.807, 2.05) is 72.3 Å². The molecule has 58 heavy (non-hydrogen) atoms. The molecule has 302 valence electrons. The first-order valence-electron chi connectivity index (χ1n) is 20.4. The molecule has 3 saturated carbocycles. The van der Waals surface area contributed by atoms with E-state index in [1.165, 1.54) is 14.2 Å². The zero-order valence-corrected chi connectivity index (χ0v) is 33.4. The Morgan fingerprint density at radius 3 is 2.02 bits per heavy atom. The number of carbonyl (C=O) groups is 4. The van der Waals surface area contributed by atoms with Crippen LogP contribution >= 0.6 is 0 Å². The number of carbonyl (C=O) groups excluding carboxylic acids is 4. The second kappa shape index (κ2) is 14.5. The maximum Gasteiger partial charge on any atom is 0.407 e. The van der Waals surface area contributed by atoms with E-state index in [9.17, 15) is 19.2 Å². The van der Waals surface area contributed by atoms with Crippen LogP contribution in [-0.4, -0.2) is 93.1 Å². The average Bonchev–Trinajstić information content (AvgIpc) is 4.17. The number of methoxy groups -OCH3 is 2. The number of benzene rings is 2. The molecule has 5 fully saturated rings. The highest BCUT2D eigenvalue weighted by molar-refractivity contribution is 5.88. The summed E-state index contributed by atoms with van der Waals surface area (Å²) in [6.07, 6.45) is 8.48. The van der Waals surface area contributed by atoms with Gasteiger partial charge in [-0.05, 0) is 110 Å². The van der Waals surface area contributed by atoms with Crippen molar-refractivity contribution in [1.82, 2.24) is 40.4 Å². The quantitative estimate of drug-likeness (QED) is 0.150. The highest BCUT2D eigenvalue weighted by Crippen LogP contribution is 2.59. The summed E-state index contributed by atoms with van der Waals surface area (Å²) >= 11 is 0. The fourth-order valence-electron chi connectivity index (χ4n) is 8.99. The van der Waals surface area contributed by atoms with E-state index >= 15 is 0 Å². The third kappa shape index (κ3) is 7.38.